The smallest absolute Gasteiger partial charge is 0.162 e. The molecular formula is C16H22BrNO2. The third-order valence-electron chi connectivity index (χ3n) is 4.61. The predicted octanol–water partition coefficient (Wildman–Crippen LogP) is 3.77. The standard InChI is InChI=1S/C16H22BrNO2/c17-13-10-15-14(19-7-4-8-20-15)9-12(13)16(11-18)5-2-1-3-6-16/h9-10H,1-8,11,18H2. The molecule has 0 spiro atoms. The number of ether oxygens (including phenoxy) is 2. The Morgan fingerprint density at radius 2 is 1.65 bits per heavy atom. The number of nitrogens with two attached hydrogens (primary N) is 1. The SMILES string of the molecule is NCC1(c2cc3c(cc2Br)OCCCO3)CCCCC1. The topological polar surface area (TPSA) is 44.5 Å². The summed E-state index contributed by atoms with van der Waals surface area (Å²) in [4.78, 5) is 0. The van der Waals surface area contributed by atoms with Crippen molar-refractivity contribution in [3.8, 4) is 11.5 Å². The van der Waals surface area contributed by atoms with Gasteiger partial charge in [0.2, 0.25) is 0 Å². The van der Waals surface area contributed by atoms with Gasteiger partial charge in [0, 0.05) is 22.9 Å². The van der Waals surface area contributed by atoms with Gasteiger partial charge in [-0.05, 0) is 30.5 Å². The largest absolute Gasteiger partial charge is 0.490 e. The third-order valence-corrected chi connectivity index (χ3v) is 5.27. The van der Waals surface area contributed by atoms with Crippen LogP contribution in [-0.4, -0.2) is 19.8 Å². The van der Waals surface area contributed by atoms with Gasteiger partial charge in [-0.3, -0.25) is 0 Å². The van der Waals surface area contributed by atoms with Crippen LogP contribution in [0.2, 0.25) is 0 Å². The first-order valence-electron chi connectivity index (χ1n) is 7.55. The molecule has 110 valence electrons. The lowest BCUT2D eigenvalue weighted by atomic mass is 9.69. The minimum absolute atomic E-state index is 0.0990. The first-order chi connectivity index (χ1) is 9.75. The molecule has 0 unspecified atom stereocenters. The molecule has 2 aliphatic rings. The van der Waals surface area contributed by atoms with Crippen LogP contribution in [0.4, 0.5) is 0 Å². The molecule has 1 aliphatic heterocycles. The molecule has 0 amide bonds. The Bertz CT molecular complexity index is 484. The van der Waals surface area contributed by atoms with Crippen molar-refractivity contribution in [2.24, 2.45) is 5.73 Å². The quantitative estimate of drug-likeness (QED) is 0.891. The van der Waals surface area contributed by atoms with Crippen LogP contribution in [0.5, 0.6) is 11.5 Å². The van der Waals surface area contributed by atoms with Crippen LogP contribution in [0.1, 0.15) is 44.1 Å². The van der Waals surface area contributed by atoms with Crippen molar-refractivity contribution in [2.45, 2.75) is 43.9 Å². The van der Waals surface area contributed by atoms with Crippen LogP contribution < -0.4 is 15.2 Å². The van der Waals surface area contributed by atoms with Crippen molar-refractivity contribution in [1.29, 1.82) is 0 Å². The molecule has 4 heteroatoms. The third kappa shape index (κ3) is 2.56. The summed E-state index contributed by atoms with van der Waals surface area (Å²) in [6.45, 7) is 2.15. The van der Waals surface area contributed by atoms with Gasteiger partial charge < -0.3 is 15.2 Å². The summed E-state index contributed by atoms with van der Waals surface area (Å²) >= 11 is 3.72. The Morgan fingerprint density at radius 1 is 1.00 bits per heavy atom. The maximum absolute atomic E-state index is 6.15. The van der Waals surface area contributed by atoms with E-state index in [9.17, 15) is 0 Å². The highest BCUT2D eigenvalue weighted by Gasteiger charge is 2.35. The molecule has 1 aliphatic carbocycles. The van der Waals surface area contributed by atoms with E-state index in [0.29, 0.717) is 6.54 Å². The van der Waals surface area contributed by atoms with Crippen molar-refractivity contribution in [3.05, 3.63) is 22.2 Å². The zero-order valence-electron chi connectivity index (χ0n) is 11.8. The highest BCUT2D eigenvalue weighted by atomic mass is 79.9. The van der Waals surface area contributed by atoms with Crippen LogP contribution in [-0.2, 0) is 5.41 Å². The first-order valence-corrected chi connectivity index (χ1v) is 8.34. The van der Waals surface area contributed by atoms with E-state index in [1.54, 1.807) is 0 Å². The highest BCUT2D eigenvalue weighted by molar-refractivity contribution is 9.10. The summed E-state index contributed by atoms with van der Waals surface area (Å²) in [5, 5.41) is 0. The van der Waals surface area contributed by atoms with E-state index >= 15 is 0 Å². The fraction of sp³-hybridized carbons (Fsp3) is 0.625. The lowest BCUT2D eigenvalue weighted by Crippen LogP contribution is -2.37. The predicted molar refractivity (Wildman–Crippen MR) is 83.6 cm³/mol. The van der Waals surface area contributed by atoms with Gasteiger partial charge in [-0.1, -0.05) is 35.2 Å². The minimum Gasteiger partial charge on any atom is -0.490 e. The minimum atomic E-state index is 0.0990. The maximum atomic E-state index is 6.15. The monoisotopic (exact) mass is 339 g/mol. The molecule has 0 aromatic heterocycles. The molecule has 0 saturated heterocycles. The summed E-state index contributed by atoms with van der Waals surface area (Å²) in [7, 11) is 0. The van der Waals surface area contributed by atoms with Crippen molar-refractivity contribution in [3.63, 3.8) is 0 Å². The average molecular weight is 340 g/mol. The van der Waals surface area contributed by atoms with Crippen molar-refractivity contribution in [1.82, 2.24) is 0 Å². The van der Waals surface area contributed by atoms with Gasteiger partial charge in [0.1, 0.15) is 0 Å². The molecule has 0 atom stereocenters. The first kappa shape index (κ1) is 14.2. The zero-order chi connectivity index (χ0) is 14.0. The molecule has 1 heterocycles. The van der Waals surface area contributed by atoms with Gasteiger partial charge in [-0.25, -0.2) is 0 Å². The van der Waals surface area contributed by atoms with E-state index in [-0.39, 0.29) is 5.41 Å². The van der Waals surface area contributed by atoms with Crippen LogP contribution in [0.15, 0.2) is 16.6 Å². The lowest BCUT2D eigenvalue weighted by Gasteiger charge is -2.37. The molecule has 20 heavy (non-hydrogen) atoms. The second kappa shape index (κ2) is 5.94. The van der Waals surface area contributed by atoms with Gasteiger partial charge in [0.25, 0.3) is 0 Å². The number of fused-ring (bicyclic) bond motifs is 1. The number of hydrogen-bond donors (Lipinski definition) is 1. The van der Waals surface area contributed by atoms with Crippen molar-refractivity contribution < 1.29 is 9.47 Å². The molecule has 1 aromatic rings. The average Bonchev–Trinajstić information content (AvgIpc) is 2.72. The molecule has 1 aromatic carbocycles. The normalized spacial score (nSPS) is 21.3. The molecule has 0 radical (unpaired) electrons. The summed E-state index contributed by atoms with van der Waals surface area (Å²) in [5.74, 6) is 1.72. The Kier molecular flexibility index (Phi) is 4.22. The molecule has 1 fully saturated rings. The summed E-state index contributed by atoms with van der Waals surface area (Å²) in [6, 6.07) is 4.21. The summed E-state index contributed by atoms with van der Waals surface area (Å²) in [5.41, 5.74) is 7.55. The van der Waals surface area contributed by atoms with E-state index in [1.165, 1.54) is 37.7 Å². The molecule has 2 N–H and O–H groups in total. The maximum Gasteiger partial charge on any atom is 0.162 e. The van der Waals surface area contributed by atoms with E-state index in [4.69, 9.17) is 15.2 Å². The molecule has 0 bridgehead atoms. The Morgan fingerprint density at radius 3 is 2.30 bits per heavy atom. The molecular weight excluding hydrogens is 318 g/mol. The number of benzene rings is 1. The molecule has 3 nitrogen and oxygen atoms in total. The van der Waals surface area contributed by atoms with E-state index < -0.39 is 0 Å². The van der Waals surface area contributed by atoms with Gasteiger partial charge in [0.15, 0.2) is 11.5 Å². The molecule has 3 rings (SSSR count). The second-order valence-corrected chi connectivity index (χ2v) is 6.73. The zero-order valence-corrected chi connectivity index (χ0v) is 13.4. The number of rotatable bonds is 2. The van der Waals surface area contributed by atoms with Crippen LogP contribution in [0, 0.1) is 0 Å². The second-order valence-electron chi connectivity index (χ2n) is 5.87. The van der Waals surface area contributed by atoms with Gasteiger partial charge in [-0.2, -0.15) is 0 Å². The highest BCUT2D eigenvalue weighted by Crippen LogP contribution is 2.45. The van der Waals surface area contributed by atoms with Crippen LogP contribution in [0.25, 0.3) is 0 Å². The van der Waals surface area contributed by atoms with Crippen molar-refractivity contribution >= 4 is 15.9 Å². The van der Waals surface area contributed by atoms with E-state index in [2.05, 4.69) is 28.1 Å². The fourth-order valence-corrected chi connectivity index (χ4v) is 4.15. The summed E-state index contributed by atoms with van der Waals surface area (Å²) in [6.07, 6.45) is 7.12. The molecule has 1 saturated carbocycles. The van der Waals surface area contributed by atoms with Gasteiger partial charge >= 0.3 is 0 Å². The van der Waals surface area contributed by atoms with Crippen LogP contribution >= 0.6 is 15.9 Å². The Labute approximate surface area is 129 Å². The Balaban J connectivity index is 2.02. The van der Waals surface area contributed by atoms with Gasteiger partial charge in [0.05, 0.1) is 13.2 Å². The Hall–Kier alpha value is -0.740. The summed E-state index contributed by atoms with van der Waals surface area (Å²) < 4.78 is 12.7. The van der Waals surface area contributed by atoms with Crippen LogP contribution in [0.3, 0.4) is 0 Å². The van der Waals surface area contributed by atoms with E-state index in [0.717, 1.165) is 35.6 Å². The van der Waals surface area contributed by atoms with Crippen molar-refractivity contribution in [2.75, 3.05) is 19.8 Å². The lowest BCUT2D eigenvalue weighted by molar-refractivity contribution is 0.293. The van der Waals surface area contributed by atoms with Gasteiger partial charge in [-0.15, -0.1) is 0 Å². The fourth-order valence-electron chi connectivity index (χ4n) is 3.40. The van der Waals surface area contributed by atoms with E-state index in [1.807, 2.05) is 0 Å². The number of hydrogen-bond acceptors (Lipinski definition) is 3. The number of halogens is 1.